The predicted octanol–water partition coefficient (Wildman–Crippen LogP) is 5.39. The molecule has 0 spiro atoms. The first-order chi connectivity index (χ1) is 13.6. The number of hydrogen-bond donors (Lipinski definition) is 1. The first-order valence-corrected chi connectivity index (χ1v) is 9.38. The summed E-state index contributed by atoms with van der Waals surface area (Å²) >= 11 is 0. The van der Waals surface area contributed by atoms with Crippen molar-refractivity contribution in [2.45, 2.75) is 32.8 Å². The van der Waals surface area contributed by atoms with Crippen molar-refractivity contribution < 1.29 is 19.0 Å². The van der Waals surface area contributed by atoms with Crippen LogP contribution < -0.4 is 4.74 Å². The van der Waals surface area contributed by atoms with Crippen LogP contribution in [-0.4, -0.2) is 11.4 Å². The lowest BCUT2D eigenvalue weighted by Crippen LogP contribution is -2.03. The number of halogens is 1. The average molecular weight is 376 g/mol. The third-order valence-corrected chi connectivity index (χ3v) is 5.49. The molecular weight excluding hydrogens is 355 g/mol. The molecule has 3 aromatic rings. The van der Waals surface area contributed by atoms with Gasteiger partial charge in [0, 0.05) is 6.07 Å². The Labute approximate surface area is 163 Å². The normalized spacial score (nSPS) is 12.6. The van der Waals surface area contributed by atoms with Gasteiger partial charge in [0.2, 0.25) is 0 Å². The molecule has 28 heavy (non-hydrogen) atoms. The first kappa shape index (κ1) is 18.2. The Bertz CT molecular complexity index is 1040. The third kappa shape index (κ3) is 3.26. The molecule has 0 amide bonds. The molecule has 0 aliphatic heterocycles. The van der Waals surface area contributed by atoms with Gasteiger partial charge in [-0.2, -0.15) is 0 Å². The molecule has 4 heteroatoms. The number of phenolic OH excluding ortho intramolecular Hbond substituents is 1. The van der Waals surface area contributed by atoms with Gasteiger partial charge in [-0.3, -0.25) is 4.79 Å². The molecule has 142 valence electrons. The van der Waals surface area contributed by atoms with E-state index in [1.807, 2.05) is 25.1 Å². The lowest BCUT2D eigenvalue weighted by molar-refractivity contribution is 0.112. The highest BCUT2D eigenvalue weighted by molar-refractivity contribution is 5.83. The molecule has 0 saturated heterocycles. The number of ether oxygens (including phenoxy) is 1. The molecule has 0 heterocycles. The van der Waals surface area contributed by atoms with Gasteiger partial charge in [0.25, 0.3) is 0 Å². The minimum Gasteiger partial charge on any atom is -0.507 e. The molecule has 3 aromatic carbocycles. The van der Waals surface area contributed by atoms with E-state index in [0.717, 1.165) is 58.9 Å². The molecule has 0 aromatic heterocycles. The summed E-state index contributed by atoms with van der Waals surface area (Å²) in [6, 6.07) is 14.0. The van der Waals surface area contributed by atoms with Crippen molar-refractivity contribution in [2.24, 2.45) is 0 Å². The number of rotatable bonds is 5. The summed E-state index contributed by atoms with van der Waals surface area (Å²) in [5.74, 6) is 0.359. The molecular formula is C24H21FO3. The van der Waals surface area contributed by atoms with Crippen molar-refractivity contribution in [1.29, 1.82) is 0 Å². The Kier molecular flexibility index (Phi) is 4.86. The fraction of sp³-hybridized carbons (Fsp3) is 0.208. The lowest BCUT2D eigenvalue weighted by atomic mass is 9.96. The topological polar surface area (TPSA) is 46.5 Å². The molecule has 1 aliphatic carbocycles. The van der Waals surface area contributed by atoms with Crippen LogP contribution in [0.4, 0.5) is 4.39 Å². The molecule has 0 saturated carbocycles. The van der Waals surface area contributed by atoms with Crippen LogP contribution in [0.5, 0.6) is 11.5 Å². The highest BCUT2D eigenvalue weighted by Gasteiger charge is 2.22. The molecule has 0 fully saturated rings. The van der Waals surface area contributed by atoms with Crippen LogP contribution in [0, 0.1) is 12.7 Å². The largest absolute Gasteiger partial charge is 0.507 e. The van der Waals surface area contributed by atoms with E-state index in [0.29, 0.717) is 17.9 Å². The summed E-state index contributed by atoms with van der Waals surface area (Å²) < 4.78 is 19.3. The van der Waals surface area contributed by atoms with Crippen LogP contribution >= 0.6 is 0 Å². The average Bonchev–Trinajstić information content (AvgIpc) is 3.18. The zero-order valence-electron chi connectivity index (χ0n) is 15.7. The number of fused-ring (bicyclic) bond motifs is 1. The van der Waals surface area contributed by atoms with Crippen LogP contribution in [0.15, 0.2) is 48.5 Å². The van der Waals surface area contributed by atoms with Crippen LogP contribution in [0.3, 0.4) is 0 Å². The van der Waals surface area contributed by atoms with Crippen LogP contribution in [-0.2, 0) is 19.4 Å². The van der Waals surface area contributed by atoms with Gasteiger partial charge in [-0.25, -0.2) is 4.39 Å². The van der Waals surface area contributed by atoms with Crippen molar-refractivity contribution in [2.75, 3.05) is 0 Å². The van der Waals surface area contributed by atoms with E-state index in [1.54, 1.807) is 18.2 Å². The second kappa shape index (κ2) is 7.47. The monoisotopic (exact) mass is 376 g/mol. The SMILES string of the molecule is Cc1c(COc2cc(O)c(C=O)c3c2CCC3)cccc1-c1ccc(F)cc1. The summed E-state index contributed by atoms with van der Waals surface area (Å²) in [4.78, 5) is 11.3. The summed E-state index contributed by atoms with van der Waals surface area (Å²) in [5.41, 5.74) is 6.38. The Balaban J connectivity index is 1.62. The quantitative estimate of drug-likeness (QED) is 0.608. The minimum atomic E-state index is -0.256. The molecule has 1 N–H and O–H groups in total. The minimum absolute atomic E-state index is 0.0255. The molecule has 0 bridgehead atoms. The number of hydrogen-bond acceptors (Lipinski definition) is 3. The number of carbonyl (C=O) groups is 1. The van der Waals surface area contributed by atoms with Gasteiger partial charge in [-0.05, 0) is 71.7 Å². The van der Waals surface area contributed by atoms with Crippen LogP contribution in [0.1, 0.15) is 39.0 Å². The Hall–Kier alpha value is -3.14. The van der Waals surface area contributed by atoms with Crippen molar-refractivity contribution in [3.63, 3.8) is 0 Å². The van der Waals surface area contributed by atoms with Gasteiger partial charge in [0.15, 0.2) is 6.29 Å². The van der Waals surface area contributed by atoms with Gasteiger partial charge in [0.1, 0.15) is 23.9 Å². The van der Waals surface area contributed by atoms with Gasteiger partial charge >= 0.3 is 0 Å². The van der Waals surface area contributed by atoms with Crippen molar-refractivity contribution >= 4 is 6.29 Å². The molecule has 4 rings (SSSR count). The smallest absolute Gasteiger partial charge is 0.154 e. The summed E-state index contributed by atoms with van der Waals surface area (Å²) in [5, 5.41) is 10.2. The van der Waals surface area contributed by atoms with Gasteiger partial charge in [-0.15, -0.1) is 0 Å². The Morgan fingerprint density at radius 1 is 1.11 bits per heavy atom. The Morgan fingerprint density at radius 2 is 1.86 bits per heavy atom. The van der Waals surface area contributed by atoms with E-state index in [-0.39, 0.29) is 11.6 Å². The van der Waals surface area contributed by atoms with E-state index in [1.165, 1.54) is 12.1 Å². The van der Waals surface area contributed by atoms with Crippen molar-refractivity contribution in [3.8, 4) is 22.6 Å². The van der Waals surface area contributed by atoms with Crippen LogP contribution in [0.2, 0.25) is 0 Å². The highest BCUT2D eigenvalue weighted by atomic mass is 19.1. The molecule has 1 aliphatic rings. The fourth-order valence-corrected chi connectivity index (χ4v) is 3.95. The fourth-order valence-electron chi connectivity index (χ4n) is 3.95. The zero-order valence-corrected chi connectivity index (χ0v) is 15.7. The number of phenols is 1. The van der Waals surface area contributed by atoms with Gasteiger partial charge in [0.05, 0.1) is 5.56 Å². The number of benzene rings is 3. The predicted molar refractivity (Wildman–Crippen MR) is 106 cm³/mol. The van der Waals surface area contributed by atoms with Gasteiger partial charge < -0.3 is 9.84 Å². The van der Waals surface area contributed by atoms with E-state index >= 15 is 0 Å². The van der Waals surface area contributed by atoms with E-state index in [4.69, 9.17) is 4.74 Å². The van der Waals surface area contributed by atoms with Crippen molar-refractivity contribution in [3.05, 3.63) is 82.2 Å². The third-order valence-electron chi connectivity index (χ3n) is 5.49. The number of carbonyl (C=O) groups excluding carboxylic acids is 1. The lowest BCUT2D eigenvalue weighted by Gasteiger charge is -2.16. The standard InChI is InChI=1S/C24H21FO3/c1-15-17(4-2-5-19(15)16-8-10-18(25)11-9-16)14-28-24-12-23(27)22(13-26)20-6-3-7-21(20)24/h2,4-5,8-13,27H,3,6-7,14H2,1H3. The van der Waals surface area contributed by atoms with E-state index in [2.05, 4.69) is 0 Å². The molecule has 0 atom stereocenters. The maximum absolute atomic E-state index is 13.2. The maximum atomic E-state index is 13.2. The zero-order chi connectivity index (χ0) is 19.7. The first-order valence-electron chi connectivity index (χ1n) is 9.38. The van der Waals surface area contributed by atoms with Gasteiger partial charge in [-0.1, -0.05) is 30.3 Å². The summed E-state index contributed by atoms with van der Waals surface area (Å²) in [6.07, 6.45) is 3.31. The van der Waals surface area contributed by atoms with Crippen LogP contribution in [0.25, 0.3) is 11.1 Å². The molecule has 0 radical (unpaired) electrons. The van der Waals surface area contributed by atoms with E-state index in [9.17, 15) is 14.3 Å². The van der Waals surface area contributed by atoms with Crippen molar-refractivity contribution in [1.82, 2.24) is 0 Å². The second-order valence-corrected chi connectivity index (χ2v) is 7.12. The summed E-state index contributed by atoms with van der Waals surface area (Å²) in [6.45, 7) is 2.38. The molecule has 0 unspecified atom stereocenters. The second-order valence-electron chi connectivity index (χ2n) is 7.12. The maximum Gasteiger partial charge on any atom is 0.154 e. The summed E-state index contributed by atoms with van der Waals surface area (Å²) in [7, 11) is 0. The van der Waals surface area contributed by atoms with E-state index < -0.39 is 0 Å². The number of aromatic hydroxyl groups is 1. The Morgan fingerprint density at radius 3 is 2.61 bits per heavy atom. The molecule has 3 nitrogen and oxygen atoms in total. The highest BCUT2D eigenvalue weighted by Crippen LogP contribution is 2.38. The number of aldehydes is 1.